The number of nitrogen functional groups attached to an aromatic ring is 1. The van der Waals surface area contributed by atoms with Gasteiger partial charge in [-0.05, 0) is 31.0 Å². The minimum Gasteiger partial charge on any atom is -0.396 e. The van der Waals surface area contributed by atoms with Gasteiger partial charge in [0, 0.05) is 12.1 Å². The first-order chi connectivity index (χ1) is 9.66. The van der Waals surface area contributed by atoms with Gasteiger partial charge in [0.25, 0.3) is 5.91 Å². The highest BCUT2D eigenvalue weighted by Gasteiger charge is 2.13. The Bertz CT molecular complexity index is 459. The molecule has 1 aliphatic rings. The Morgan fingerprint density at radius 2 is 2.10 bits per heavy atom. The molecule has 1 aromatic carbocycles. The van der Waals surface area contributed by atoms with Crippen LogP contribution in [0, 0.1) is 5.82 Å². The van der Waals surface area contributed by atoms with Gasteiger partial charge in [0.1, 0.15) is 5.82 Å². The van der Waals surface area contributed by atoms with Gasteiger partial charge >= 0.3 is 0 Å². The molecule has 0 heterocycles. The van der Waals surface area contributed by atoms with Crippen LogP contribution >= 0.6 is 0 Å². The molecular weight excluding hydrogens is 259 g/mol. The van der Waals surface area contributed by atoms with Crippen LogP contribution in [-0.2, 0) is 4.74 Å². The van der Waals surface area contributed by atoms with E-state index in [1.54, 1.807) is 0 Å². The van der Waals surface area contributed by atoms with Crippen LogP contribution in [0.25, 0.3) is 0 Å². The highest BCUT2D eigenvalue weighted by atomic mass is 19.1. The number of amides is 1. The summed E-state index contributed by atoms with van der Waals surface area (Å²) in [6.07, 6.45) is 6.28. The maximum absolute atomic E-state index is 13.2. The van der Waals surface area contributed by atoms with Gasteiger partial charge in [0.2, 0.25) is 0 Å². The number of anilines is 1. The molecule has 0 unspecified atom stereocenters. The third kappa shape index (κ3) is 4.20. The van der Waals surface area contributed by atoms with Crippen LogP contribution < -0.4 is 11.1 Å². The summed E-state index contributed by atoms with van der Waals surface area (Å²) in [5, 5.41) is 2.71. The fourth-order valence-electron chi connectivity index (χ4n) is 2.39. The Hall–Kier alpha value is -1.62. The topological polar surface area (TPSA) is 64.4 Å². The quantitative estimate of drug-likeness (QED) is 0.643. The van der Waals surface area contributed by atoms with E-state index in [-0.39, 0.29) is 17.2 Å². The lowest BCUT2D eigenvalue weighted by atomic mass is 9.98. The highest BCUT2D eigenvalue weighted by Crippen LogP contribution is 2.19. The lowest BCUT2D eigenvalue weighted by Crippen LogP contribution is -2.29. The maximum atomic E-state index is 13.2. The van der Waals surface area contributed by atoms with Crippen molar-refractivity contribution in [2.24, 2.45) is 0 Å². The number of carbonyl (C=O) groups excluding carboxylic acids is 1. The third-order valence-electron chi connectivity index (χ3n) is 3.56. The van der Waals surface area contributed by atoms with Gasteiger partial charge in [-0.1, -0.05) is 19.3 Å². The van der Waals surface area contributed by atoms with Crippen LogP contribution in [-0.4, -0.2) is 25.2 Å². The molecule has 110 valence electrons. The summed E-state index contributed by atoms with van der Waals surface area (Å²) in [5.41, 5.74) is 5.68. The lowest BCUT2D eigenvalue weighted by molar-refractivity contribution is 0.0299. The van der Waals surface area contributed by atoms with Gasteiger partial charge in [-0.15, -0.1) is 0 Å². The van der Waals surface area contributed by atoms with Crippen LogP contribution in [0.4, 0.5) is 10.1 Å². The molecule has 4 nitrogen and oxygen atoms in total. The summed E-state index contributed by atoms with van der Waals surface area (Å²) in [6, 6.07) is 4.05. The second-order valence-electron chi connectivity index (χ2n) is 5.12. The maximum Gasteiger partial charge on any atom is 0.251 e. The van der Waals surface area contributed by atoms with Crippen molar-refractivity contribution in [3.05, 3.63) is 29.6 Å². The van der Waals surface area contributed by atoms with Crippen molar-refractivity contribution in [3.63, 3.8) is 0 Å². The number of carbonyl (C=O) groups is 1. The number of ether oxygens (including phenoxy) is 1. The van der Waals surface area contributed by atoms with E-state index in [1.807, 2.05) is 0 Å². The van der Waals surface area contributed by atoms with E-state index < -0.39 is 5.82 Å². The molecule has 1 fully saturated rings. The summed E-state index contributed by atoms with van der Waals surface area (Å²) in [6.45, 7) is 0.926. The van der Waals surface area contributed by atoms with E-state index >= 15 is 0 Å². The van der Waals surface area contributed by atoms with Crippen LogP contribution in [0.15, 0.2) is 18.2 Å². The third-order valence-corrected chi connectivity index (χ3v) is 3.56. The van der Waals surface area contributed by atoms with E-state index in [0.29, 0.717) is 19.3 Å². The molecule has 0 aliphatic heterocycles. The predicted molar refractivity (Wildman–Crippen MR) is 76.0 cm³/mol. The summed E-state index contributed by atoms with van der Waals surface area (Å²) in [7, 11) is 0. The number of rotatable bonds is 5. The average Bonchev–Trinajstić information content (AvgIpc) is 2.47. The molecule has 3 N–H and O–H groups in total. The number of halogens is 1. The second-order valence-corrected chi connectivity index (χ2v) is 5.12. The zero-order valence-electron chi connectivity index (χ0n) is 11.5. The van der Waals surface area contributed by atoms with E-state index in [0.717, 1.165) is 18.9 Å². The number of nitrogens with one attached hydrogen (secondary N) is 1. The Labute approximate surface area is 118 Å². The molecule has 20 heavy (non-hydrogen) atoms. The molecule has 0 aromatic heterocycles. The molecule has 0 bridgehead atoms. The fourth-order valence-corrected chi connectivity index (χ4v) is 2.39. The Morgan fingerprint density at radius 3 is 2.80 bits per heavy atom. The van der Waals surface area contributed by atoms with E-state index in [1.165, 1.54) is 31.4 Å². The first kappa shape index (κ1) is 14.8. The minimum atomic E-state index is -0.573. The summed E-state index contributed by atoms with van der Waals surface area (Å²) in [4.78, 5) is 11.8. The first-order valence-corrected chi connectivity index (χ1v) is 7.11. The highest BCUT2D eigenvalue weighted by molar-refractivity contribution is 5.94. The average molecular weight is 280 g/mol. The van der Waals surface area contributed by atoms with Crippen LogP contribution in [0.5, 0.6) is 0 Å². The minimum absolute atomic E-state index is 0.0437. The monoisotopic (exact) mass is 280 g/mol. The van der Waals surface area contributed by atoms with Gasteiger partial charge in [-0.25, -0.2) is 4.39 Å². The zero-order chi connectivity index (χ0) is 14.4. The van der Waals surface area contributed by atoms with Crippen LogP contribution in [0.2, 0.25) is 0 Å². The molecule has 5 heteroatoms. The molecule has 0 radical (unpaired) electrons. The molecule has 0 spiro atoms. The standard InChI is InChI=1S/C15H21FN2O2/c16-13-10-11(6-7-14(13)17)15(19)18-8-9-20-12-4-2-1-3-5-12/h6-7,10,12H,1-5,8-9,17H2,(H,18,19). The molecule has 0 saturated heterocycles. The number of hydrogen-bond donors (Lipinski definition) is 2. The molecule has 1 aromatic rings. The van der Waals surface area contributed by atoms with Crippen molar-refractivity contribution in [1.29, 1.82) is 0 Å². The van der Waals surface area contributed by atoms with Crippen molar-refractivity contribution in [1.82, 2.24) is 5.32 Å². The van der Waals surface area contributed by atoms with Crippen LogP contribution in [0.1, 0.15) is 42.5 Å². The van der Waals surface area contributed by atoms with Crippen molar-refractivity contribution in [2.75, 3.05) is 18.9 Å². The molecular formula is C15H21FN2O2. The predicted octanol–water partition coefficient (Wildman–Crippen LogP) is 2.49. The normalized spacial score (nSPS) is 16.1. The molecule has 1 amide bonds. The van der Waals surface area contributed by atoms with Crippen LogP contribution in [0.3, 0.4) is 0 Å². The van der Waals surface area contributed by atoms with Gasteiger partial charge in [0.05, 0.1) is 18.4 Å². The van der Waals surface area contributed by atoms with Crippen molar-refractivity contribution in [3.8, 4) is 0 Å². The number of hydrogen-bond acceptors (Lipinski definition) is 3. The zero-order valence-corrected chi connectivity index (χ0v) is 11.5. The summed E-state index contributed by atoms with van der Waals surface area (Å²) >= 11 is 0. The smallest absolute Gasteiger partial charge is 0.251 e. The molecule has 2 rings (SSSR count). The molecule has 0 atom stereocenters. The van der Waals surface area contributed by atoms with E-state index in [9.17, 15) is 9.18 Å². The Balaban J connectivity index is 1.70. The van der Waals surface area contributed by atoms with Gasteiger partial charge in [-0.2, -0.15) is 0 Å². The van der Waals surface area contributed by atoms with E-state index in [4.69, 9.17) is 10.5 Å². The fraction of sp³-hybridized carbons (Fsp3) is 0.533. The lowest BCUT2D eigenvalue weighted by Gasteiger charge is -2.22. The van der Waals surface area contributed by atoms with Crippen molar-refractivity contribution < 1.29 is 13.9 Å². The SMILES string of the molecule is Nc1ccc(C(=O)NCCOC2CCCCC2)cc1F. The van der Waals surface area contributed by atoms with Gasteiger partial charge in [0.15, 0.2) is 0 Å². The Kier molecular flexibility index (Phi) is 5.35. The number of nitrogens with two attached hydrogens (primary N) is 1. The largest absolute Gasteiger partial charge is 0.396 e. The van der Waals surface area contributed by atoms with Gasteiger partial charge in [-0.3, -0.25) is 4.79 Å². The molecule has 1 aliphatic carbocycles. The first-order valence-electron chi connectivity index (χ1n) is 7.11. The number of benzene rings is 1. The van der Waals surface area contributed by atoms with E-state index in [2.05, 4.69) is 5.32 Å². The summed E-state index contributed by atoms with van der Waals surface area (Å²) in [5.74, 6) is -0.882. The molecule has 1 saturated carbocycles. The second kappa shape index (κ2) is 7.24. The Morgan fingerprint density at radius 1 is 1.35 bits per heavy atom. The summed E-state index contributed by atoms with van der Waals surface area (Å²) < 4.78 is 18.9. The van der Waals surface area contributed by atoms with Gasteiger partial charge < -0.3 is 15.8 Å². The van der Waals surface area contributed by atoms with Crippen molar-refractivity contribution in [2.45, 2.75) is 38.2 Å². The van der Waals surface area contributed by atoms with Crippen molar-refractivity contribution >= 4 is 11.6 Å².